The molecule has 4 heteroatoms. The van der Waals surface area contributed by atoms with E-state index in [-0.39, 0.29) is 11.1 Å². The van der Waals surface area contributed by atoms with E-state index in [2.05, 4.69) is 4.98 Å². The molecule has 0 spiro atoms. The molecule has 1 rings (SSSR count). The second kappa shape index (κ2) is 4.67. The molecule has 0 bridgehead atoms. The van der Waals surface area contributed by atoms with Gasteiger partial charge in [0.1, 0.15) is 5.03 Å². The van der Waals surface area contributed by atoms with Crippen molar-refractivity contribution in [2.45, 2.75) is 17.2 Å². The van der Waals surface area contributed by atoms with Crippen LogP contribution in [0.2, 0.25) is 0 Å². The van der Waals surface area contributed by atoms with Crippen LogP contribution in [-0.2, 0) is 0 Å². The molecule has 1 atom stereocenters. The molecule has 0 aliphatic carbocycles. The average Bonchev–Trinajstić information content (AvgIpc) is 2.09. The first-order chi connectivity index (χ1) is 5.74. The summed E-state index contributed by atoms with van der Waals surface area (Å²) < 4.78 is 13.0. The van der Waals surface area contributed by atoms with Crippen LogP contribution in [0.15, 0.2) is 23.4 Å². The van der Waals surface area contributed by atoms with Crippen molar-refractivity contribution in [1.29, 1.82) is 0 Å². The van der Waals surface area contributed by atoms with Gasteiger partial charge < -0.3 is 0 Å². The maximum Gasteiger partial charge on any atom is 0.155 e. The Morgan fingerprint density at radius 1 is 1.75 bits per heavy atom. The van der Waals surface area contributed by atoms with E-state index in [0.717, 1.165) is 0 Å². The minimum Gasteiger partial charge on any atom is -0.247 e. The summed E-state index contributed by atoms with van der Waals surface area (Å²) in [6.45, 7) is 1.94. The lowest BCUT2D eigenvalue weighted by Gasteiger charge is -2.05. The Morgan fingerprint density at radius 2 is 2.50 bits per heavy atom. The van der Waals surface area contributed by atoms with Crippen LogP contribution in [-0.4, -0.2) is 16.1 Å². The zero-order valence-electron chi connectivity index (χ0n) is 6.63. The van der Waals surface area contributed by atoms with Gasteiger partial charge in [0.05, 0.1) is 0 Å². The molecule has 0 radical (unpaired) electrons. The highest BCUT2D eigenvalue weighted by Crippen LogP contribution is 2.23. The third kappa shape index (κ3) is 2.64. The Balaban J connectivity index is 2.69. The maximum absolute atomic E-state index is 13.0. The van der Waals surface area contributed by atoms with Gasteiger partial charge in [0.2, 0.25) is 0 Å². The SMILES string of the molecule is CC(CCl)Sc1ncccc1F. The average molecular weight is 206 g/mol. The highest BCUT2D eigenvalue weighted by molar-refractivity contribution is 7.99. The number of nitrogens with zero attached hydrogens (tertiary/aromatic N) is 1. The first kappa shape index (κ1) is 9.81. The van der Waals surface area contributed by atoms with E-state index in [9.17, 15) is 4.39 Å². The second-order valence-corrected chi connectivity index (χ2v) is 4.11. The maximum atomic E-state index is 13.0. The van der Waals surface area contributed by atoms with Crippen LogP contribution in [0.5, 0.6) is 0 Å². The monoisotopic (exact) mass is 205 g/mol. The van der Waals surface area contributed by atoms with Gasteiger partial charge in [0.15, 0.2) is 5.82 Å². The van der Waals surface area contributed by atoms with E-state index in [1.807, 2.05) is 6.92 Å². The number of rotatable bonds is 3. The third-order valence-electron chi connectivity index (χ3n) is 1.25. The third-order valence-corrected chi connectivity index (χ3v) is 2.99. The smallest absolute Gasteiger partial charge is 0.155 e. The predicted molar refractivity (Wildman–Crippen MR) is 50.2 cm³/mol. The van der Waals surface area contributed by atoms with E-state index in [1.165, 1.54) is 17.8 Å². The van der Waals surface area contributed by atoms with Gasteiger partial charge in [-0.1, -0.05) is 18.7 Å². The lowest BCUT2D eigenvalue weighted by molar-refractivity contribution is 0.587. The number of hydrogen-bond donors (Lipinski definition) is 0. The van der Waals surface area contributed by atoms with Gasteiger partial charge in [-0.3, -0.25) is 0 Å². The standard InChI is InChI=1S/C8H9ClFNS/c1-6(5-9)12-8-7(10)3-2-4-11-8/h2-4,6H,5H2,1H3. The fraction of sp³-hybridized carbons (Fsp3) is 0.375. The molecule has 0 saturated heterocycles. The van der Waals surface area contributed by atoms with Crippen LogP contribution in [0.3, 0.4) is 0 Å². The molecule has 0 aromatic carbocycles. The Labute approximate surface area is 80.3 Å². The summed E-state index contributed by atoms with van der Waals surface area (Å²) in [7, 11) is 0. The van der Waals surface area contributed by atoms with Gasteiger partial charge >= 0.3 is 0 Å². The van der Waals surface area contributed by atoms with Crippen molar-refractivity contribution in [3.05, 3.63) is 24.1 Å². The molecule has 1 nitrogen and oxygen atoms in total. The quantitative estimate of drug-likeness (QED) is 0.556. The van der Waals surface area contributed by atoms with E-state index >= 15 is 0 Å². The number of pyridine rings is 1. The highest BCUT2D eigenvalue weighted by atomic mass is 35.5. The molecule has 12 heavy (non-hydrogen) atoms. The van der Waals surface area contributed by atoms with E-state index in [0.29, 0.717) is 10.9 Å². The zero-order chi connectivity index (χ0) is 8.97. The summed E-state index contributed by atoms with van der Waals surface area (Å²) in [4.78, 5) is 3.90. The highest BCUT2D eigenvalue weighted by Gasteiger charge is 2.07. The second-order valence-electron chi connectivity index (χ2n) is 2.37. The fourth-order valence-corrected chi connectivity index (χ4v) is 1.62. The summed E-state index contributed by atoms with van der Waals surface area (Å²) in [5, 5.41) is 0.613. The minimum atomic E-state index is -0.278. The van der Waals surface area contributed by atoms with E-state index in [1.54, 1.807) is 12.3 Å². The van der Waals surface area contributed by atoms with Gasteiger partial charge in [-0.05, 0) is 12.1 Å². The Bertz CT molecular complexity index is 257. The van der Waals surface area contributed by atoms with E-state index in [4.69, 9.17) is 11.6 Å². The van der Waals surface area contributed by atoms with Crippen molar-refractivity contribution in [3.63, 3.8) is 0 Å². The number of thioether (sulfide) groups is 1. The van der Waals surface area contributed by atoms with Crippen LogP contribution in [0.25, 0.3) is 0 Å². The molecule has 0 aliphatic heterocycles. The molecule has 0 aliphatic rings. The van der Waals surface area contributed by atoms with Crippen LogP contribution in [0.1, 0.15) is 6.92 Å². The zero-order valence-corrected chi connectivity index (χ0v) is 8.20. The molecule has 0 fully saturated rings. The Hall–Kier alpha value is -0.280. The van der Waals surface area contributed by atoms with Crippen molar-refractivity contribution in [1.82, 2.24) is 4.98 Å². The van der Waals surface area contributed by atoms with Crippen LogP contribution in [0.4, 0.5) is 4.39 Å². The van der Waals surface area contributed by atoms with Crippen molar-refractivity contribution in [2.75, 3.05) is 5.88 Å². The summed E-state index contributed by atoms with van der Waals surface area (Å²) in [6.07, 6.45) is 1.58. The number of alkyl halides is 1. The first-order valence-corrected chi connectivity index (χ1v) is 4.98. The van der Waals surface area contributed by atoms with Gasteiger partial charge in [-0.25, -0.2) is 9.37 Å². The Kier molecular flexibility index (Phi) is 3.82. The molecule has 1 aromatic rings. The van der Waals surface area contributed by atoms with Crippen molar-refractivity contribution in [2.24, 2.45) is 0 Å². The molecule has 0 N–H and O–H groups in total. The first-order valence-electron chi connectivity index (χ1n) is 3.57. The topological polar surface area (TPSA) is 12.9 Å². The van der Waals surface area contributed by atoms with Crippen molar-refractivity contribution >= 4 is 23.4 Å². The largest absolute Gasteiger partial charge is 0.247 e. The minimum absolute atomic E-state index is 0.191. The summed E-state index contributed by atoms with van der Waals surface area (Å²) in [6, 6.07) is 2.97. The van der Waals surface area contributed by atoms with Gasteiger partial charge in [0.25, 0.3) is 0 Å². The molecule has 0 amide bonds. The summed E-state index contributed by atoms with van der Waals surface area (Å²) in [5.41, 5.74) is 0. The van der Waals surface area contributed by atoms with Gasteiger partial charge in [0, 0.05) is 17.3 Å². The van der Waals surface area contributed by atoms with Crippen LogP contribution < -0.4 is 0 Å². The van der Waals surface area contributed by atoms with Gasteiger partial charge in [-0.2, -0.15) is 0 Å². The molecule has 1 aromatic heterocycles. The van der Waals surface area contributed by atoms with Gasteiger partial charge in [-0.15, -0.1) is 11.6 Å². The summed E-state index contributed by atoms with van der Waals surface area (Å²) in [5.74, 6) is 0.222. The van der Waals surface area contributed by atoms with Crippen molar-refractivity contribution < 1.29 is 4.39 Å². The molecule has 66 valence electrons. The molecule has 0 saturated carbocycles. The summed E-state index contributed by atoms with van der Waals surface area (Å²) >= 11 is 6.94. The lowest BCUT2D eigenvalue weighted by atomic mass is 10.5. The van der Waals surface area contributed by atoms with Crippen LogP contribution >= 0.6 is 23.4 Å². The number of hydrogen-bond acceptors (Lipinski definition) is 2. The van der Waals surface area contributed by atoms with Crippen LogP contribution in [0, 0.1) is 5.82 Å². The molecule has 1 heterocycles. The molecule has 1 unspecified atom stereocenters. The predicted octanol–water partition coefficient (Wildman–Crippen LogP) is 2.94. The number of aromatic nitrogens is 1. The number of halogens is 2. The molecular formula is C8H9ClFNS. The molecular weight excluding hydrogens is 197 g/mol. The normalized spacial score (nSPS) is 12.9. The lowest BCUT2D eigenvalue weighted by Crippen LogP contribution is -1.98. The van der Waals surface area contributed by atoms with Crippen molar-refractivity contribution in [3.8, 4) is 0 Å². The Morgan fingerprint density at radius 3 is 3.08 bits per heavy atom. The van der Waals surface area contributed by atoms with E-state index < -0.39 is 0 Å². The fourth-order valence-electron chi connectivity index (χ4n) is 0.680.